The van der Waals surface area contributed by atoms with Crippen molar-refractivity contribution in [2.24, 2.45) is 0 Å². The molecule has 1 N–H and O–H groups in total. The number of sulfonamides is 1. The molecule has 11 heteroatoms. The summed E-state index contributed by atoms with van der Waals surface area (Å²) in [5.74, 6) is -0.464. The fourth-order valence-electron chi connectivity index (χ4n) is 3.33. The molecule has 36 heavy (non-hydrogen) atoms. The predicted octanol–water partition coefficient (Wildman–Crippen LogP) is 2.79. The van der Waals surface area contributed by atoms with Crippen molar-refractivity contribution in [3.05, 3.63) is 35.6 Å². The maximum absolute atomic E-state index is 12.8. The van der Waals surface area contributed by atoms with E-state index in [4.69, 9.17) is 9.57 Å². The van der Waals surface area contributed by atoms with Crippen molar-refractivity contribution in [1.82, 2.24) is 14.7 Å². The second-order valence-corrected chi connectivity index (χ2v) is 10.1. The Hall–Kier alpha value is -2.05. The molecular formula is C25H45N3O7S. The third kappa shape index (κ3) is 12.3. The van der Waals surface area contributed by atoms with E-state index >= 15 is 0 Å². The molecule has 1 unspecified atom stereocenters. The summed E-state index contributed by atoms with van der Waals surface area (Å²) in [4.78, 5) is 29.4. The summed E-state index contributed by atoms with van der Waals surface area (Å²) >= 11 is 0. The molecular weight excluding hydrogens is 486 g/mol. The van der Waals surface area contributed by atoms with E-state index in [1.807, 2.05) is 45.1 Å². The summed E-state index contributed by atoms with van der Waals surface area (Å²) in [6.45, 7) is 9.17. The lowest BCUT2D eigenvalue weighted by Gasteiger charge is -2.32. The third-order valence-electron chi connectivity index (χ3n) is 5.04. The molecule has 0 heterocycles. The molecule has 0 amide bonds. The Morgan fingerprint density at radius 3 is 2.28 bits per heavy atom. The Labute approximate surface area is 217 Å². The number of nitrogens with one attached hydrogen (secondary N) is 1. The first-order chi connectivity index (χ1) is 17.1. The van der Waals surface area contributed by atoms with Gasteiger partial charge < -0.3 is 9.47 Å². The number of hydroxylamine groups is 2. The number of nitrogens with zero attached hydrogens (tertiary/aromatic N) is 2. The van der Waals surface area contributed by atoms with Crippen LogP contribution in [0.25, 0.3) is 0 Å². The van der Waals surface area contributed by atoms with Crippen molar-refractivity contribution >= 4 is 22.3 Å². The van der Waals surface area contributed by atoms with Crippen molar-refractivity contribution in [3.8, 4) is 0 Å². The minimum absolute atomic E-state index is 0.0913. The van der Waals surface area contributed by atoms with E-state index < -0.39 is 21.7 Å². The van der Waals surface area contributed by atoms with E-state index in [1.54, 1.807) is 21.1 Å². The molecule has 0 aromatic rings. The third-order valence-corrected chi connectivity index (χ3v) is 7.06. The number of esters is 1. The van der Waals surface area contributed by atoms with Gasteiger partial charge in [0.25, 0.3) is 0 Å². The lowest BCUT2D eigenvalue weighted by atomic mass is 10.1. The quantitative estimate of drug-likeness (QED) is 0.139. The number of carbonyl (C=O) groups excluding carboxylic acids is 2. The van der Waals surface area contributed by atoms with Crippen LogP contribution in [-0.4, -0.2) is 89.0 Å². The zero-order chi connectivity index (χ0) is 27.6. The zero-order valence-corrected chi connectivity index (χ0v) is 23.7. The zero-order valence-electron chi connectivity index (χ0n) is 22.9. The minimum atomic E-state index is -3.41. The van der Waals surface area contributed by atoms with Crippen molar-refractivity contribution < 1.29 is 32.3 Å². The lowest BCUT2D eigenvalue weighted by Crippen LogP contribution is -2.52. The first kappa shape index (κ1) is 34.0. The molecule has 10 nitrogen and oxygen atoms in total. The normalized spacial score (nSPS) is 15.1. The summed E-state index contributed by atoms with van der Waals surface area (Å²) in [6, 6.07) is 0. The van der Waals surface area contributed by atoms with Crippen LogP contribution in [0.3, 0.4) is 0 Å². The van der Waals surface area contributed by atoms with Gasteiger partial charge >= 0.3 is 5.97 Å². The summed E-state index contributed by atoms with van der Waals surface area (Å²) in [5, 5.41) is 4.20. The number of ether oxygens (including phenoxy) is 2. The second kappa shape index (κ2) is 18.2. The van der Waals surface area contributed by atoms with Crippen LogP contribution in [0.5, 0.6) is 0 Å². The van der Waals surface area contributed by atoms with E-state index in [1.165, 1.54) is 16.4 Å². The number of rotatable bonds is 16. The first-order valence-corrected chi connectivity index (χ1v) is 13.9. The highest BCUT2D eigenvalue weighted by molar-refractivity contribution is 7.89. The van der Waals surface area contributed by atoms with Gasteiger partial charge in [-0.3, -0.25) is 24.0 Å². The van der Waals surface area contributed by atoms with Gasteiger partial charge in [-0.25, -0.2) is 8.42 Å². The highest BCUT2D eigenvalue weighted by atomic mass is 32.2. The van der Waals surface area contributed by atoms with Crippen molar-refractivity contribution in [1.29, 1.82) is 0 Å². The molecule has 1 aliphatic rings. The molecule has 1 aliphatic carbocycles. The van der Waals surface area contributed by atoms with E-state index in [2.05, 4.69) is 10.1 Å². The number of likely N-dealkylation sites (N-methyl/N-ethyl adjacent to an activating group) is 2. The second-order valence-electron chi connectivity index (χ2n) is 8.13. The van der Waals surface area contributed by atoms with Crippen molar-refractivity contribution in [3.63, 3.8) is 0 Å². The Bertz CT molecular complexity index is 854. The summed E-state index contributed by atoms with van der Waals surface area (Å²) in [7, 11) is 1.45. The number of hydrogen-bond acceptors (Lipinski definition) is 9. The molecule has 0 bridgehead atoms. The van der Waals surface area contributed by atoms with Gasteiger partial charge in [-0.15, -0.1) is 0 Å². The Balaban J connectivity index is 0.00000283. The van der Waals surface area contributed by atoms with Crippen LogP contribution in [0.4, 0.5) is 0 Å². The molecule has 0 fully saturated rings. The molecule has 0 saturated heterocycles. The van der Waals surface area contributed by atoms with Gasteiger partial charge in [0.15, 0.2) is 6.29 Å². The lowest BCUT2D eigenvalue weighted by molar-refractivity contribution is -0.232. The highest BCUT2D eigenvalue weighted by Crippen LogP contribution is 2.24. The summed E-state index contributed by atoms with van der Waals surface area (Å²) in [5.41, 5.74) is 0.0299. The standard InChI is InChI=1S/C22H37N3O6S.C3H8O/c1-6-13-25(32(28,29)14-7-2)20-12-10-9-11-19(15-20)17-24(5)31-22(18-26,23-4)16-21(27)30-8-3;1-3-4-2/h9-12,18,23H,6-8,13-17H2,1-5H3;3H2,1-2H3. The van der Waals surface area contributed by atoms with Crippen LogP contribution in [-0.2, 0) is 33.9 Å². The van der Waals surface area contributed by atoms with Gasteiger partial charge in [-0.1, -0.05) is 32.1 Å². The van der Waals surface area contributed by atoms with Crippen LogP contribution >= 0.6 is 0 Å². The minimum Gasteiger partial charge on any atom is -0.466 e. The van der Waals surface area contributed by atoms with Gasteiger partial charge in [0.2, 0.25) is 15.7 Å². The summed E-state index contributed by atoms with van der Waals surface area (Å²) in [6.07, 6.45) is 9.28. The maximum Gasteiger partial charge on any atom is 0.310 e. The summed E-state index contributed by atoms with van der Waals surface area (Å²) < 4.78 is 36.6. The number of aldehydes is 1. The van der Waals surface area contributed by atoms with Crippen molar-refractivity contribution in [2.45, 2.75) is 59.1 Å². The number of carbonyl (C=O) groups is 2. The first-order valence-electron chi connectivity index (χ1n) is 12.3. The molecule has 0 radical (unpaired) electrons. The van der Waals surface area contributed by atoms with Gasteiger partial charge in [-0.05, 0) is 45.4 Å². The van der Waals surface area contributed by atoms with Crippen LogP contribution in [0.2, 0.25) is 0 Å². The fourth-order valence-corrected chi connectivity index (χ4v) is 5.01. The smallest absolute Gasteiger partial charge is 0.310 e. The SMILES string of the molecule is CCCN(C1=CC=CC=C(CN(C)OC(C=O)(CC(=O)OCC)NC)C1)S(=O)(=O)CCC.CCOC. The topological polar surface area (TPSA) is 114 Å². The van der Waals surface area contributed by atoms with Crippen LogP contribution < -0.4 is 5.32 Å². The van der Waals surface area contributed by atoms with E-state index in [9.17, 15) is 18.0 Å². The van der Waals surface area contributed by atoms with Gasteiger partial charge in [0.05, 0.1) is 18.8 Å². The van der Waals surface area contributed by atoms with Crippen LogP contribution in [0.15, 0.2) is 35.6 Å². The molecule has 1 rings (SSSR count). The maximum atomic E-state index is 12.8. The van der Waals surface area contributed by atoms with Gasteiger partial charge in [0, 0.05) is 46.0 Å². The highest BCUT2D eigenvalue weighted by Gasteiger charge is 2.35. The number of allylic oxidation sites excluding steroid dienone is 5. The number of hydrogen-bond donors (Lipinski definition) is 1. The molecule has 0 aromatic carbocycles. The van der Waals surface area contributed by atoms with Crippen LogP contribution in [0, 0.1) is 0 Å². The molecule has 0 aromatic heterocycles. The molecule has 0 spiro atoms. The van der Waals surface area contributed by atoms with Gasteiger partial charge in [-0.2, -0.15) is 5.06 Å². The monoisotopic (exact) mass is 531 g/mol. The average Bonchev–Trinajstić information content (AvgIpc) is 3.07. The van der Waals surface area contributed by atoms with Crippen LogP contribution in [0.1, 0.15) is 53.4 Å². The molecule has 1 atom stereocenters. The number of methoxy groups -OCH3 is 1. The fraction of sp³-hybridized carbons (Fsp3) is 0.680. The average molecular weight is 532 g/mol. The largest absolute Gasteiger partial charge is 0.466 e. The Morgan fingerprint density at radius 2 is 1.78 bits per heavy atom. The molecule has 0 saturated carbocycles. The van der Waals surface area contributed by atoms with E-state index in [0.29, 0.717) is 44.3 Å². The molecule has 208 valence electrons. The van der Waals surface area contributed by atoms with E-state index in [0.717, 1.165) is 12.2 Å². The predicted molar refractivity (Wildman–Crippen MR) is 141 cm³/mol. The molecule has 0 aliphatic heterocycles. The van der Waals surface area contributed by atoms with E-state index in [-0.39, 0.29) is 18.8 Å². The van der Waals surface area contributed by atoms with Gasteiger partial charge in [0.1, 0.15) is 0 Å². The Morgan fingerprint density at radius 1 is 1.14 bits per heavy atom. The Kier molecular flexibility index (Phi) is 17.2. The van der Waals surface area contributed by atoms with Crippen molar-refractivity contribution in [2.75, 3.05) is 53.3 Å².